The summed E-state index contributed by atoms with van der Waals surface area (Å²) < 4.78 is 40.3. The lowest BCUT2D eigenvalue weighted by Crippen LogP contribution is -2.56. The molecule has 43 heavy (non-hydrogen) atoms. The highest BCUT2D eigenvalue weighted by Gasteiger charge is 2.35. The summed E-state index contributed by atoms with van der Waals surface area (Å²) in [6.07, 6.45) is 0.828. The van der Waals surface area contributed by atoms with Crippen molar-refractivity contribution in [3.63, 3.8) is 0 Å². The molecular formula is C33H43N3O6S. The van der Waals surface area contributed by atoms with Gasteiger partial charge in [0, 0.05) is 18.2 Å². The van der Waals surface area contributed by atoms with E-state index in [1.807, 2.05) is 65.0 Å². The molecule has 1 atom stereocenters. The minimum absolute atomic E-state index is 0.0177. The summed E-state index contributed by atoms with van der Waals surface area (Å²) in [6, 6.07) is 20.0. The summed E-state index contributed by atoms with van der Waals surface area (Å²) in [5.74, 6) is -0.183. The molecule has 3 rings (SSSR count). The first-order chi connectivity index (χ1) is 20.3. The van der Waals surface area contributed by atoms with Crippen LogP contribution < -0.4 is 19.1 Å². The third-order valence-corrected chi connectivity index (χ3v) is 8.68. The van der Waals surface area contributed by atoms with E-state index < -0.39 is 34.1 Å². The van der Waals surface area contributed by atoms with Crippen molar-refractivity contribution < 1.29 is 27.5 Å². The van der Waals surface area contributed by atoms with Gasteiger partial charge in [-0.15, -0.1) is 0 Å². The second-order valence-corrected chi connectivity index (χ2v) is 13.2. The minimum atomic E-state index is -4.26. The maximum atomic E-state index is 14.3. The number of rotatable bonds is 13. The topological polar surface area (TPSA) is 105 Å². The molecule has 0 heterocycles. The van der Waals surface area contributed by atoms with E-state index in [0.717, 1.165) is 15.4 Å². The number of carbonyl (C=O) groups is 2. The fraction of sp³-hybridized carbons (Fsp3) is 0.394. The molecule has 0 saturated carbocycles. The van der Waals surface area contributed by atoms with Gasteiger partial charge < -0.3 is 19.7 Å². The van der Waals surface area contributed by atoms with Crippen LogP contribution in [0.2, 0.25) is 0 Å². The largest absolute Gasteiger partial charge is 0.497 e. The fourth-order valence-corrected chi connectivity index (χ4v) is 6.11. The van der Waals surface area contributed by atoms with Crippen molar-refractivity contribution in [2.45, 2.75) is 63.9 Å². The zero-order valence-corrected chi connectivity index (χ0v) is 26.9. The highest BCUT2D eigenvalue weighted by atomic mass is 32.2. The molecule has 0 fully saturated rings. The highest BCUT2D eigenvalue weighted by molar-refractivity contribution is 7.92. The van der Waals surface area contributed by atoms with Crippen molar-refractivity contribution in [1.29, 1.82) is 0 Å². The number of amides is 2. The minimum Gasteiger partial charge on any atom is -0.497 e. The van der Waals surface area contributed by atoms with E-state index in [-0.39, 0.29) is 28.8 Å². The Bertz CT molecular complexity index is 1490. The second-order valence-electron chi connectivity index (χ2n) is 11.3. The zero-order chi connectivity index (χ0) is 31.8. The lowest BCUT2D eigenvalue weighted by atomic mass is 10.1. The van der Waals surface area contributed by atoms with Gasteiger partial charge in [0.05, 0.1) is 24.8 Å². The van der Waals surface area contributed by atoms with Crippen LogP contribution in [0.3, 0.4) is 0 Å². The van der Waals surface area contributed by atoms with Gasteiger partial charge in [-0.25, -0.2) is 8.42 Å². The van der Waals surface area contributed by atoms with Crippen LogP contribution in [0.5, 0.6) is 11.5 Å². The van der Waals surface area contributed by atoms with E-state index in [1.165, 1.54) is 37.3 Å². The van der Waals surface area contributed by atoms with Crippen molar-refractivity contribution in [3.8, 4) is 11.5 Å². The van der Waals surface area contributed by atoms with Crippen LogP contribution >= 0.6 is 0 Å². The highest BCUT2D eigenvalue weighted by Crippen LogP contribution is 2.36. The maximum Gasteiger partial charge on any atom is 0.264 e. The first kappa shape index (κ1) is 33.5. The van der Waals surface area contributed by atoms with E-state index in [0.29, 0.717) is 18.6 Å². The number of benzene rings is 3. The zero-order valence-electron chi connectivity index (χ0n) is 26.1. The normalized spacial score (nSPS) is 12.3. The van der Waals surface area contributed by atoms with Crippen LogP contribution in [0.25, 0.3) is 0 Å². The number of ether oxygens (including phenoxy) is 2. The summed E-state index contributed by atoms with van der Waals surface area (Å²) in [5.41, 5.74) is 1.51. The standard InChI is InChI=1S/C33H43N3O6S/c1-8-28(32(38)34-33(3,4)5)35(21-20-25-12-10-9-11-13-25)31(37)23-36(29-22-26(41-6)16-19-30(29)42-7)43(39,40)27-17-14-24(2)15-18-27/h9-19,22,28H,8,20-21,23H2,1-7H3,(H,34,38)/t28-/m0/s1. The van der Waals surface area contributed by atoms with Crippen molar-refractivity contribution in [2.24, 2.45) is 0 Å². The number of nitrogens with one attached hydrogen (secondary N) is 1. The van der Waals surface area contributed by atoms with Crippen molar-refractivity contribution in [1.82, 2.24) is 10.2 Å². The number of methoxy groups -OCH3 is 2. The SMILES string of the molecule is CC[C@@H](C(=O)NC(C)(C)C)N(CCc1ccccc1)C(=O)CN(c1cc(OC)ccc1OC)S(=O)(=O)c1ccc(C)cc1. The van der Waals surface area contributed by atoms with E-state index in [4.69, 9.17) is 9.47 Å². The Hall–Kier alpha value is -4.05. The smallest absolute Gasteiger partial charge is 0.264 e. The van der Waals surface area contributed by atoms with E-state index >= 15 is 0 Å². The van der Waals surface area contributed by atoms with Crippen LogP contribution in [0.4, 0.5) is 5.69 Å². The molecule has 2 amide bonds. The van der Waals surface area contributed by atoms with Crippen LogP contribution in [0.1, 0.15) is 45.2 Å². The van der Waals surface area contributed by atoms with Gasteiger partial charge in [0.15, 0.2) is 0 Å². The number of carbonyl (C=O) groups excluding carboxylic acids is 2. The summed E-state index contributed by atoms with van der Waals surface area (Å²) in [4.78, 5) is 29.2. The molecular weight excluding hydrogens is 566 g/mol. The molecule has 1 N–H and O–H groups in total. The third kappa shape index (κ3) is 8.73. The van der Waals surface area contributed by atoms with E-state index in [2.05, 4.69) is 5.32 Å². The average molecular weight is 610 g/mol. The predicted molar refractivity (Wildman–Crippen MR) is 169 cm³/mol. The van der Waals surface area contributed by atoms with Gasteiger partial charge in [-0.05, 0) is 70.4 Å². The average Bonchev–Trinajstić information content (AvgIpc) is 2.97. The summed E-state index contributed by atoms with van der Waals surface area (Å²) in [7, 11) is -1.35. The molecule has 0 aliphatic rings. The van der Waals surface area contributed by atoms with Gasteiger partial charge in [0.2, 0.25) is 11.8 Å². The molecule has 3 aromatic carbocycles. The van der Waals surface area contributed by atoms with Gasteiger partial charge in [-0.3, -0.25) is 13.9 Å². The Morgan fingerprint density at radius 2 is 1.58 bits per heavy atom. The molecule has 0 unspecified atom stereocenters. The van der Waals surface area contributed by atoms with Gasteiger partial charge >= 0.3 is 0 Å². The number of hydrogen-bond donors (Lipinski definition) is 1. The van der Waals surface area contributed by atoms with Crippen LogP contribution in [-0.4, -0.2) is 64.0 Å². The predicted octanol–water partition coefficient (Wildman–Crippen LogP) is 4.97. The Labute approximate surface area is 255 Å². The molecule has 3 aromatic rings. The first-order valence-electron chi connectivity index (χ1n) is 14.3. The summed E-state index contributed by atoms with van der Waals surface area (Å²) in [5, 5.41) is 2.98. The summed E-state index contributed by atoms with van der Waals surface area (Å²) >= 11 is 0. The molecule has 0 aliphatic carbocycles. The van der Waals surface area contributed by atoms with Gasteiger partial charge in [-0.1, -0.05) is 55.0 Å². The molecule has 0 saturated heterocycles. The Kier molecular flexibility index (Phi) is 11.2. The van der Waals surface area contributed by atoms with Gasteiger partial charge in [0.25, 0.3) is 10.0 Å². The molecule has 9 nitrogen and oxygen atoms in total. The maximum absolute atomic E-state index is 14.3. The Morgan fingerprint density at radius 3 is 2.14 bits per heavy atom. The third-order valence-electron chi connectivity index (χ3n) is 6.91. The molecule has 0 aromatic heterocycles. The fourth-order valence-electron chi connectivity index (χ4n) is 4.69. The van der Waals surface area contributed by atoms with Crippen molar-refractivity contribution in [3.05, 3.63) is 83.9 Å². The number of nitrogens with zero attached hydrogens (tertiary/aromatic N) is 2. The van der Waals surface area contributed by atoms with Crippen LogP contribution in [0.15, 0.2) is 77.7 Å². The van der Waals surface area contributed by atoms with Gasteiger partial charge in [-0.2, -0.15) is 0 Å². The number of sulfonamides is 1. The molecule has 0 bridgehead atoms. The lowest BCUT2D eigenvalue weighted by molar-refractivity contribution is -0.140. The van der Waals surface area contributed by atoms with Crippen LogP contribution in [0, 0.1) is 6.92 Å². The number of aryl methyl sites for hydroxylation is 1. The molecule has 10 heteroatoms. The first-order valence-corrected chi connectivity index (χ1v) is 15.7. The second kappa shape index (κ2) is 14.4. The number of hydrogen-bond acceptors (Lipinski definition) is 6. The monoisotopic (exact) mass is 609 g/mol. The van der Waals surface area contributed by atoms with E-state index in [9.17, 15) is 18.0 Å². The Balaban J connectivity index is 2.11. The van der Waals surface area contributed by atoms with Crippen molar-refractivity contribution in [2.75, 3.05) is 31.6 Å². The van der Waals surface area contributed by atoms with E-state index in [1.54, 1.807) is 24.3 Å². The van der Waals surface area contributed by atoms with Crippen LogP contribution in [-0.2, 0) is 26.0 Å². The lowest BCUT2D eigenvalue weighted by Gasteiger charge is -2.35. The number of anilines is 1. The Morgan fingerprint density at radius 1 is 0.930 bits per heavy atom. The molecule has 0 radical (unpaired) electrons. The molecule has 232 valence electrons. The molecule has 0 spiro atoms. The summed E-state index contributed by atoms with van der Waals surface area (Å²) in [6.45, 7) is 8.97. The molecule has 0 aliphatic heterocycles. The van der Waals surface area contributed by atoms with Crippen molar-refractivity contribution >= 4 is 27.5 Å². The quantitative estimate of drug-likeness (QED) is 0.293. The van der Waals surface area contributed by atoms with Gasteiger partial charge in [0.1, 0.15) is 24.1 Å².